The van der Waals surface area contributed by atoms with Crippen LogP contribution in [-0.2, 0) is 19.5 Å². The van der Waals surface area contributed by atoms with E-state index in [9.17, 15) is 0 Å². The summed E-state index contributed by atoms with van der Waals surface area (Å²) in [5.74, 6) is 2.53. The van der Waals surface area contributed by atoms with Crippen molar-refractivity contribution in [3.8, 4) is 51.2 Å². The molecule has 0 N–H and O–H groups in total. The molecule has 0 fully saturated rings. The van der Waals surface area contributed by atoms with Gasteiger partial charge < -0.3 is 8.77 Å². The van der Waals surface area contributed by atoms with Crippen molar-refractivity contribution in [3.63, 3.8) is 0 Å². The zero-order valence-corrected chi connectivity index (χ0v) is 56.2. The van der Waals surface area contributed by atoms with Crippen LogP contribution >= 0.6 is 24.2 Å². The fraction of sp³-hybridized carbons (Fsp3) is 0. The molecule has 95 heavy (non-hydrogen) atoms. The quantitative estimate of drug-likeness (QED) is 0.0377. The Kier molecular flexibility index (Phi) is 18.8. The molecule has 3 heterocycles. The molecule has 0 saturated heterocycles. The molecule has 13 aromatic carbocycles. The number of benzene rings is 13. The average molecular weight is 1320 g/mol. The molecule has 0 aliphatic rings. The van der Waals surface area contributed by atoms with E-state index < -0.39 is 26.0 Å². The lowest BCUT2D eigenvalue weighted by atomic mass is 10.0. The van der Waals surface area contributed by atoms with E-state index in [1.807, 2.05) is 97.1 Å². The Balaban J connectivity index is 0.000000165. The van der Waals surface area contributed by atoms with Crippen molar-refractivity contribution in [2.45, 2.75) is 0 Å². The van der Waals surface area contributed by atoms with Crippen LogP contribution in [0.2, 0.25) is 0 Å². The van der Waals surface area contributed by atoms with E-state index in [0.29, 0.717) is 0 Å². The van der Waals surface area contributed by atoms with Crippen LogP contribution in [0.25, 0.3) is 84.3 Å². The third-order valence-corrected chi connectivity index (χ3v) is 24.8. The maximum absolute atomic E-state index is 15.0. The van der Waals surface area contributed by atoms with Crippen LogP contribution in [0.1, 0.15) is 0 Å². The first kappa shape index (κ1) is 60.9. The van der Waals surface area contributed by atoms with E-state index in [0.717, 1.165) is 100 Å². The SMILES string of the molecule is O=P(c1ccccc1)(c1ccccc1)c1ccc([Si](c2ccccc2)(c2ccccc2)c2ccccc2)cc1.[3H]P[B].[3H][S-](=O)=P.c1ccc(-n2c(-c3cc(-c4nc5ccccc5n4-c4ccccc4)cc(-c4nc5ccccc5n4-c4ccccc4)c3)nc3ccccc32)cc1. The smallest absolute Gasteiger partial charge is 0.179 e. The fourth-order valence-corrected chi connectivity index (χ4v) is 20.3. The van der Waals surface area contributed by atoms with Crippen molar-refractivity contribution in [1.82, 2.24) is 28.7 Å². The molecule has 1 atom stereocenters. The van der Waals surface area contributed by atoms with Crippen LogP contribution in [0, 0.1) is 0 Å². The highest BCUT2D eigenvalue weighted by Crippen LogP contribution is 2.43. The van der Waals surface area contributed by atoms with Gasteiger partial charge in [0.1, 0.15) is 17.5 Å². The lowest BCUT2D eigenvalue weighted by Gasteiger charge is -2.34. The van der Waals surface area contributed by atoms with E-state index in [1.54, 1.807) is 0 Å². The number of thiol groups is 1. The molecular weight excluding hydrogens is 1250 g/mol. The van der Waals surface area contributed by atoms with Gasteiger partial charge in [-0.05, 0) is 112 Å². The summed E-state index contributed by atoms with van der Waals surface area (Å²) in [5.41, 5.74) is 11.9. The number of hydrogen-bond acceptors (Lipinski definition) is 6. The molecule has 1 unspecified atom stereocenters. The maximum atomic E-state index is 15.0. The van der Waals surface area contributed by atoms with Crippen molar-refractivity contribution >= 4 is 120 Å². The first-order valence-electron chi connectivity index (χ1n) is 31.8. The second-order valence-electron chi connectivity index (χ2n) is 22.3. The number of imidazole rings is 3. The molecule has 16 rings (SSSR count). The Morgan fingerprint density at radius 2 is 0.579 bits per heavy atom. The zero-order valence-electron chi connectivity index (χ0n) is 53.5. The topological polar surface area (TPSA) is 87.6 Å². The van der Waals surface area contributed by atoms with Gasteiger partial charge in [-0.25, -0.2) is 23.0 Å². The molecule has 16 aromatic rings. The summed E-state index contributed by atoms with van der Waals surface area (Å²) in [6, 6.07) is 124. The van der Waals surface area contributed by atoms with Crippen molar-refractivity contribution in [2.75, 3.05) is 0 Å². The Morgan fingerprint density at radius 3 is 0.863 bits per heavy atom. The number of para-hydroxylation sites is 9. The van der Waals surface area contributed by atoms with E-state index in [-0.39, 0.29) is 9.06 Å². The minimum Gasteiger partial charge on any atom is -0.460 e. The number of hydrogen-bond donors (Lipinski definition) is 0. The van der Waals surface area contributed by atoms with Crippen LogP contribution in [0.3, 0.4) is 0 Å². The van der Waals surface area contributed by atoms with Crippen LogP contribution in [0.4, 0.5) is 0 Å². The molecule has 3 aromatic heterocycles. The summed E-state index contributed by atoms with van der Waals surface area (Å²) in [6.07, 6.45) is 0. The molecule has 2 radical (unpaired) electrons. The number of nitrogens with zero attached hydrogens (tertiary/aromatic N) is 6. The van der Waals surface area contributed by atoms with Crippen LogP contribution in [0.15, 0.2) is 358 Å². The van der Waals surface area contributed by atoms with Gasteiger partial charge in [-0.1, -0.05) is 268 Å². The molecule has 0 aliphatic heterocycles. The minimum atomic E-state index is -3.05. The highest BCUT2D eigenvalue weighted by molar-refractivity contribution is 7.93. The zero-order chi connectivity index (χ0) is 66.6. The summed E-state index contributed by atoms with van der Waals surface area (Å²) in [4.78, 5) is 15.9. The van der Waals surface area contributed by atoms with Gasteiger partial charge in [0.2, 0.25) is 0 Å². The summed E-state index contributed by atoms with van der Waals surface area (Å²) in [6.45, 7) is 0. The molecule has 0 saturated carbocycles. The summed E-state index contributed by atoms with van der Waals surface area (Å²) < 4.78 is 42.9. The van der Waals surface area contributed by atoms with Crippen molar-refractivity contribution in [3.05, 3.63) is 358 Å². The lowest BCUT2D eigenvalue weighted by Crippen LogP contribution is -2.74. The predicted octanol–water partition coefficient (Wildman–Crippen LogP) is 15.6. The monoisotopic (exact) mass is 1320 g/mol. The number of rotatable bonds is 13. The third-order valence-electron chi connectivity index (χ3n) is 17.0. The third kappa shape index (κ3) is 12.6. The van der Waals surface area contributed by atoms with Gasteiger partial charge in [0.15, 0.2) is 15.2 Å². The molecular formula is C81H63BN6O2P3SSi-. The van der Waals surface area contributed by atoms with Crippen LogP contribution in [0.5, 0.6) is 0 Å². The molecule has 0 spiro atoms. The van der Waals surface area contributed by atoms with Gasteiger partial charge in [-0.2, -0.15) is 9.06 Å². The van der Waals surface area contributed by atoms with Gasteiger partial charge in [0.05, 0.1) is 40.7 Å². The molecule has 0 bridgehead atoms. The number of fused-ring (bicyclic) bond motifs is 3. The lowest BCUT2D eigenvalue weighted by molar-refractivity contribution is 0.592. The summed E-state index contributed by atoms with van der Waals surface area (Å²) in [7, 11) is -0.409. The van der Waals surface area contributed by atoms with E-state index in [1.165, 1.54) is 20.7 Å². The second kappa shape index (κ2) is 29.3. The van der Waals surface area contributed by atoms with Gasteiger partial charge in [-0.3, -0.25) is 24.4 Å². The maximum Gasteiger partial charge on any atom is 0.179 e. The highest BCUT2D eigenvalue weighted by atomic mass is 32.4. The second-order valence-corrected chi connectivity index (χ2v) is 29.6. The Bertz CT molecular complexity index is 4960. The molecule has 8 nitrogen and oxygen atoms in total. The predicted molar refractivity (Wildman–Crippen MR) is 409 cm³/mol. The van der Waals surface area contributed by atoms with E-state index in [2.05, 4.69) is 290 Å². The fourth-order valence-electron chi connectivity index (χ4n) is 12.9. The van der Waals surface area contributed by atoms with Crippen molar-refractivity contribution in [1.29, 1.82) is 2.40 Å². The van der Waals surface area contributed by atoms with Gasteiger partial charge >= 0.3 is 0 Å². The van der Waals surface area contributed by atoms with Gasteiger partial charge in [-0.15, -0.1) is 0 Å². The minimum absolute atomic E-state index is 0.167. The van der Waals surface area contributed by atoms with Crippen LogP contribution in [-0.4, -0.2) is 46.7 Å². The summed E-state index contributed by atoms with van der Waals surface area (Å²) in [5, 5.41) is 7.78. The van der Waals surface area contributed by atoms with Gasteiger partial charge in [0, 0.05) is 50.9 Å². The Labute approximate surface area is 565 Å². The normalized spacial score (nSPS) is 11.7. The first-order valence-corrected chi connectivity index (χ1v) is 37.2. The van der Waals surface area contributed by atoms with E-state index in [4.69, 9.17) is 21.6 Å². The van der Waals surface area contributed by atoms with Gasteiger partial charge in [0.25, 0.3) is 0 Å². The van der Waals surface area contributed by atoms with Crippen molar-refractivity contribution in [2.24, 2.45) is 0 Å². The molecule has 0 amide bonds. The largest absolute Gasteiger partial charge is 0.460 e. The van der Waals surface area contributed by atoms with Crippen LogP contribution < -0.4 is 36.7 Å². The summed E-state index contributed by atoms with van der Waals surface area (Å²) >= 11 is 0. The average Bonchev–Trinajstić information content (AvgIpc) is 0.953. The Hall–Kier alpha value is -10.3. The van der Waals surface area contributed by atoms with Crippen molar-refractivity contribution < 1.29 is 8.77 Å². The van der Waals surface area contributed by atoms with E-state index >= 15 is 4.57 Å². The highest BCUT2D eigenvalue weighted by Gasteiger charge is 2.42. The standard InChI is InChI=1S/C45H30N6.C36H29OPSi.BH2P.H2OPS/c1-4-16-34(17-5-1)49-40-25-13-10-22-37(40)46-43(49)31-28-32(44-47-38-23-11-14-26-41(38)50(44)35-18-6-2-7-19-35)30-33(29-31)45-48-39-24-12-15-27-42(39)51(45)36-20-8-3-9-21-36;37-38(30-16-6-1-7-17-30,31-18-8-2-9-19-31)32-26-28-36(29-27-32)39(33-20-10-3-11-21-33,34-22-12-4-13-23-34)35-24-14-5-15-25-35;1-2;1-3-2/h1-30H;1-29H;2H2;2-3H/q;;;-1/i;;2T;3T. The molecule has 0 aliphatic carbocycles. The molecule has 14 heteroatoms. The number of aromatic nitrogens is 6. The Morgan fingerprint density at radius 1 is 0.358 bits per heavy atom. The molecule has 458 valence electrons. The first-order chi connectivity index (χ1) is 47.7.